The lowest BCUT2D eigenvalue weighted by Gasteiger charge is -2.25. The molecule has 0 atom stereocenters. The molecule has 1 aromatic carbocycles. The molecule has 0 saturated heterocycles. The number of rotatable bonds is 14. The van der Waals surface area contributed by atoms with Gasteiger partial charge in [0.2, 0.25) is 0 Å². The number of hydrogen-bond donors (Lipinski definition) is 2. The van der Waals surface area contributed by atoms with Crippen LogP contribution in [0.3, 0.4) is 0 Å². The molecule has 0 saturated carbocycles. The van der Waals surface area contributed by atoms with Crippen LogP contribution in [0.15, 0.2) is 52.7 Å². The Bertz CT molecular complexity index is 1280. The maximum absolute atomic E-state index is 14.2. The number of allylic oxidation sites excluding steroid dienone is 2. The van der Waals surface area contributed by atoms with Crippen LogP contribution in [0.2, 0.25) is 0 Å². The number of carboxylic acids is 2. The summed E-state index contributed by atoms with van der Waals surface area (Å²) in [5.41, 5.74) is 6.28. The van der Waals surface area contributed by atoms with Gasteiger partial charge in [0.05, 0.1) is 17.2 Å². The normalized spacial score (nSPS) is 14.2. The Morgan fingerprint density at radius 3 is 2.00 bits per heavy atom. The van der Waals surface area contributed by atoms with Crippen LogP contribution < -0.4 is 4.90 Å². The van der Waals surface area contributed by atoms with Gasteiger partial charge < -0.3 is 19.6 Å². The second-order valence-corrected chi connectivity index (χ2v) is 11.4. The van der Waals surface area contributed by atoms with Crippen molar-refractivity contribution in [3.8, 4) is 0 Å². The number of aryl methyl sites for hydroxylation is 2. The number of nitrogens with zero attached hydrogens (tertiary/aromatic N) is 3. The first-order valence-corrected chi connectivity index (χ1v) is 14.7. The highest BCUT2D eigenvalue weighted by molar-refractivity contribution is 8.00. The number of benzene rings is 1. The summed E-state index contributed by atoms with van der Waals surface area (Å²) < 4.78 is 29.5. The van der Waals surface area contributed by atoms with Gasteiger partial charge in [0.1, 0.15) is 0 Å². The van der Waals surface area contributed by atoms with E-state index >= 15 is 0 Å². The second kappa shape index (κ2) is 13.9. The van der Waals surface area contributed by atoms with Gasteiger partial charge in [-0.15, -0.1) is 23.5 Å². The predicted octanol–water partition coefficient (Wildman–Crippen LogP) is 5.50. The van der Waals surface area contributed by atoms with Crippen molar-refractivity contribution in [2.45, 2.75) is 27.7 Å². The lowest BCUT2D eigenvalue weighted by Crippen LogP contribution is -2.29. The molecule has 1 aliphatic heterocycles. The Labute approximate surface area is 236 Å². The fourth-order valence-corrected chi connectivity index (χ4v) is 5.92. The Hall–Kier alpha value is -2.99. The van der Waals surface area contributed by atoms with Crippen molar-refractivity contribution >= 4 is 59.8 Å². The first-order valence-electron chi connectivity index (χ1n) is 12.4. The average Bonchev–Trinajstić information content (AvgIpc) is 3.35. The molecule has 0 spiro atoms. The van der Waals surface area contributed by atoms with Gasteiger partial charge in [0.15, 0.2) is 0 Å². The molecule has 0 amide bonds. The maximum atomic E-state index is 14.2. The van der Waals surface area contributed by atoms with Crippen LogP contribution in [-0.4, -0.2) is 75.8 Å². The van der Waals surface area contributed by atoms with Crippen LogP contribution in [0, 0.1) is 13.8 Å². The van der Waals surface area contributed by atoms with E-state index in [9.17, 15) is 18.2 Å². The van der Waals surface area contributed by atoms with Crippen LogP contribution in [0.25, 0.3) is 5.57 Å². The quantitative estimate of drug-likeness (QED) is 0.227. The van der Waals surface area contributed by atoms with Gasteiger partial charge in [-0.2, -0.15) is 0 Å². The van der Waals surface area contributed by atoms with Crippen molar-refractivity contribution in [2.75, 3.05) is 41.0 Å². The summed E-state index contributed by atoms with van der Waals surface area (Å²) in [6.45, 7) is 8.46. The molecule has 3 rings (SSSR count). The number of hydrogen-bond acceptors (Lipinski definition) is 6. The number of carbonyl (C=O) groups is 2. The molecular formula is C27H32BF2N3O4S2. The number of anilines is 1. The number of aliphatic carboxylic acids is 2. The van der Waals surface area contributed by atoms with Crippen molar-refractivity contribution in [1.29, 1.82) is 0 Å². The Morgan fingerprint density at radius 1 is 0.974 bits per heavy atom. The highest BCUT2D eigenvalue weighted by Crippen LogP contribution is 2.37. The van der Waals surface area contributed by atoms with Gasteiger partial charge in [-0.25, -0.2) is 0 Å². The van der Waals surface area contributed by atoms with Crippen molar-refractivity contribution in [3.63, 3.8) is 0 Å². The smallest absolute Gasteiger partial charge is 0.481 e. The molecular weight excluding hydrogens is 543 g/mol. The zero-order chi connectivity index (χ0) is 28.7. The summed E-state index contributed by atoms with van der Waals surface area (Å²) in [4.78, 5) is 28.6. The highest BCUT2D eigenvalue weighted by atomic mass is 32.2. The van der Waals surface area contributed by atoms with Crippen LogP contribution >= 0.6 is 23.5 Å². The summed E-state index contributed by atoms with van der Waals surface area (Å²) in [5.74, 6) is -0.556. The minimum Gasteiger partial charge on any atom is -0.481 e. The third kappa shape index (κ3) is 8.01. The Kier molecular flexibility index (Phi) is 10.9. The largest absolute Gasteiger partial charge is 0.677 e. The SMILES string of the molecule is CC1=CC(C)=N/C1=C(/c1ccc(N(CCSCC(=O)O)CCSCC(=O)O)cc1)c1c(C)cc(C)n1B(F)F. The van der Waals surface area contributed by atoms with E-state index in [2.05, 4.69) is 4.90 Å². The van der Waals surface area contributed by atoms with Gasteiger partial charge >= 0.3 is 19.3 Å². The molecule has 0 bridgehead atoms. The van der Waals surface area contributed by atoms with Crippen molar-refractivity contribution in [2.24, 2.45) is 4.99 Å². The molecule has 1 aliphatic rings. The van der Waals surface area contributed by atoms with Crippen molar-refractivity contribution < 1.29 is 28.4 Å². The second-order valence-electron chi connectivity index (χ2n) is 9.20. The molecule has 1 aromatic heterocycles. The molecule has 0 fully saturated rings. The van der Waals surface area contributed by atoms with Gasteiger partial charge in [0, 0.05) is 53.0 Å². The number of thioether (sulfide) groups is 2. The lowest BCUT2D eigenvalue weighted by molar-refractivity contribution is -0.134. The van der Waals surface area contributed by atoms with E-state index in [0.717, 1.165) is 32.6 Å². The van der Waals surface area contributed by atoms with Crippen LogP contribution in [-0.2, 0) is 9.59 Å². The van der Waals surface area contributed by atoms with E-state index in [1.165, 1.54) is 23.5 Å². The van der Waals surface area contributed by atoms with Gasteiger partial charge in [0.25, 0.3) is 0 Å². The average molecular weight is 576 g/mol. The third-order valence-corrected chi connectivity index (χ3v) is 8.00. The molecule has 2 aromatic rings. The highest BCUT2D eigenvalue weighted by Gasteiger charge is 2.29. The zero-order valence-electron chi connectivity index (χ0n) is 22.4. The molecule has 0 unspecified atom stereocenters. The van der Waals surface area contributed by atoms with Crippen molar-refractivity contribution in [3.05, 3.63) is 70.2 Å². The molecule has 2 heterocycles. The Balaban J connectivity index is 1.99. The zero-order valence-corrected chi connectivity index (χ0v) is 24.0. The van der Waals surface area contributed by atoms with E-state index in [4.69, 9.17) is 15.2 Å². The third-order valence-electron chi connectivity index (χ3n) is 6.16. The Morgan fingerprint density at radius 2 is 1.54 bits per heavy atom. The maximum Gasteiger partial charge on any atom is 0.677 e. The summed E-state index contributed by atoms with van der Waals surface area (Å²) in [7, 11) is -2.71. The molecule has 0 aliphatic carbocycles. The fourth-order valence-electron chi connectivity index (χ4n) is 4.58. The molecule has 39 heavy (non-hydrogen) atoms. The number of carboxylic acid groups (broad SMARTS) is 2. The standard InChI is InChI=1S/C27H32BF2N3O4S2/c1-17-13-19(3)31-26(17)25(27-18(2)14-20(4)33(27)28(29)30)21-5-7-22(8-6-21)32(9-11-38-15-23(34)35)10-12-39-16-24(36)37/h5-8,13-14H,9-12,15-16H2,1-4H3,(H,34,35)(H,36,37)/b26-25-. The number of halogens is 2. The summed E-state index contributed by atoms with van der Waals surface area (Å²) >= 11 is 2.63. The number of aliphatic imine (C=N–C) groups is 1. The van der Waals surface area contributed by atoms with Crippen molar-refractivity contribution in [1.82, 2.24) is 4.48 Å². The molecule has 0 radical (unpaired) electrons. The summed E-state index contributed by atoms with van der Waals surface area (Å²) in [6.07, 6.45) is 1.94. The number of aromatic nitrogens is 1. The summed E-state index contributed by atoms with van der Waals surface area (Å²) in [5, 5.41) is 17.9. The van der Waals surface area contributed by atoms with Gasteiger partial charge in [-0.3, -0.25) is 23.2 Å². The van der Waals surface area contributed by atoms with E-state index in [0.29, 0.717) is 47.3 Å². The predicted molar refractivity (Wildman–Crippen MR) is 159 cm³/mol. The monoisotopic (exact) mass is 575 g/mol. The van der Waals surface area contributed by atoms with E-state index < -0.39 is 19.3 Å². The van der Waals surface area contributed by atoms with E-state index in [1.54, 1.807) is 13.0 Å². The first-order chi connectivity index (χ1) is 18.5. The van der Waals surface area contributed by atoms with E-state index in [-0.39, 0.29) is 11.5 Å². The lowest BCUT2D eigenvalue weighted by atomic mass is 9.94. The fraction of sp³-hybridized carbons (Fsp3) is 0.370. The van der Waals surface area contributed by atoms with Crippen LogP contribution in [0.1, 0.15) is 36.4 Å². The summed E-state index contributed by atoms with van der Waals surface area (Å²) in [6, 6.07) is 9.39. The van der Waals surface area contributed by atoms with Gasteiger partial charge in [-0.05, 0) is 68.7 Å². The van der Waals surface area contributed by atoms with E-state index in [1.807, 2.05) is 51.1 Å². The molecule has 208 valence electrons. The molecule has 12 heteroatoms. The first kappa shape index (κ1) is 30.6. The topological polar surface area (TPSA) is 95.1 Å². The minimum atomic E-state index is -2.71. The molecule has 7 nitrogen and oxygen atoms in total. The van der Waals surface area contributed by atoms with Gasteiger partial charge in [-0.1, -0.05) is 12.1 Å². The minimum absolute atomic E-state index is 0.00677. The van der Waals surface area contributed by atoms with Crippen LogP contribution in [0.5, 0.6) is 0 Å². The molecule has 2 N–H and O–H groups in total. The van der Waals surface area contributed by atoms with Crippen LogP contribution in [0.4, 0.5) is 14.3 Å².